The van der Waals surface area contributed by atoms with Crippen molar-refractivity contribution in [3.63, 3.8) is 0 Å². The smallest absolute Gasteiger partial charge is 0.262 e. The molecule has 5 heteroatoms. The van der Waals surface area contributed by atoms with Crippen molar-refractivity contribution >= 4 is 27.5 Å². The van der Waals surface area contributed by atoms with Crippen LogP contribution in [0.15, 0.2) is 40.9 Å². The Hall–Kier alpha value is -2.01. The Bertz CT molecular complexity index is 693. The van der Waals surface area contributed by atoms with Crippen molar-refractivity contribution < 1.29 is 14.3 Å². The van der Waals surface area contributed by atoms with Gasteiger partial charge in [0.2, 0.25) is 0 Å². The van der Waals surface area contributed by atoms with E-state index in [0.29, 0.717) is 12.3 Å². The first-order chi connectivity index (χ1) is 11.5. The maximum absolute atomic E-state index is 12.1. The van der Waals surface area contributed by atoms with Gasteiger partial charge in [-0.2, -0.15) is 0 Å². The van der Waals surface area contributed by atoms with Crippen molar-refractivity contribution in [1.82, 2.24) is 0 Å². The van der Waals surface area contributed by atoms with Crippen LogP contribution in [-0.4, -0.2) is 19.1 Å². The average Bonchev–Trinajstić information content (AvgIpc) is 2.52. The van der Waals surface area contributed by atoms with Crippen LogP contribution >= 0.6 is 15.9 Å². The first kappa shape index (κ1) is 18.3. The zero-order valence-electron chi connectivity index (χ0n) is 14.2. The first-order valence-corrected chi connectivity index (χ1v) is 8.71. The molecule has 0 unspecified atom stereocenters. The number of anilines is 1. The van der Waals surface area contributed by atoms with E-state index in [4.69, 9.17) is 9.47 Å². The number of halogens is 1. The van der Waals surface area contributed by atoms with Gasteiger partial charge in [-0.15, -0.1) is 0 Å². The molecule has 1 amide bonds. The van der Waals surface area contributed by atoms with Crippen LogP contribution in [0.5, 0.6) is 11.5 Å². The summed E-state index contributed by atoms with van der Waals surface area (Å²) in [6.07, 6.45) is 0.941. The largest absolute Gasteiger partial charge is 0.494 e. The fourth-order valence-corrected chi connectivity index (χ4v) is 3.03. The Labute approximate surface area is 151 Å². The summed E-state index contributed by atoms with van der Waals surface area (Å²) in [6.45, 7) is 6.58. The average molecular weight is 392 g/mol. The molecule has 0 spiro atoms. The summed E-state index contributed by atoms with van der Waals surface area (Å²) in [5.74, 6) is 1.29. The van der Waals surface area contributed by atoms with E-state index < -0.39 is 0 Å². The van der Waals surface area contributed by atoms with Crippen molar-refractivity contribution in [2.75, 3.05) is 18.5 Å². The molecular weight excluding hydrogens is 370 g/mol. The highest BCUT2D eigenvalue weighted by atomic mass is 79.9. The van der Waals surface area contributed by atoms with Gasteiger partial charge in [0.15, 0.2) is 6.61 Å². The second kappa shape index (κ2) is 8.73. The van der Waals surface area contributed by atoms with E-state index in [-0.39, 0.29) is 12.5 Å². The highest BCUT2D eigenvalue weighted by Gasteiger charge is 2.09. The predicted octanol–water partition coefficient (Wildman–Crippen LogP) is 4.87. The number of carbonyl (C=O) groups excluding carboxylic acids is 1. The minimum Gasteiger partial charge on any atom is -0.494 e. The lowest BCUT2D eigenvalue weighted by atomic mass is 10.1. The third-order valence-electron chi connectivity index (χ3n) is 3.36. The van der Waals surface area contributed by atoms with E-state index in [2.05, 4.69) is 28.2 Å². The third kappa shape index (κ3) is 5.27. The lowest BCUT2D eigenvalue weighted by molar-refractivity contribution is -0.118. The molecule has 0 aromatic heterocycles. The maximum atomic E-state index is 12.1. The Morgan fingerprint density at radius 3 is 2.50 bits per heavy atom. The molecule has 2 aromatic carbocycles. The minimum absolute atomic E-state index is 0.0383. The van der Waals surface area contributed by atoms with E-state index in [1.807, 2.05) is 50.2 Å². The van der Waals surface area contributed by atoms with Crippen LogP contribution in [0.4, 0.5) is 5.69 Å². The molecule has 0 bridgehead atoms. The SMILES string of the molecule is CCCOc1cccc(NC(=O)COc2c(C)cc(Br)cc2C)c1. The number of rotatable bonds is 7. The minimum atomic E-state index is -0.204. The van der Waals surface area contributed by atoms with E-state index in [0.717, 1.165) is 33.5 Å². The van der Waals surface area contributed by atoms with Gasteiger partial charge < -0.3 is 14.8 Å². The van der Waals surface area contributed by atoms with Crippen LogP contribution in [0.2, 0.25) is 0 Å². The topological polar surface area (TPSA) is 47.6 Å². The molecule has 0 atom stereocenters. The zero-order valence-corrected chi connectivity index (χ0v) is 15.8. The van der Waals surface area contributed by atoms with E-state index in [1.165, 1.54) is 0 Å². The number of hydrogen-bond donors (Lipinski definition) is 1. The molecule has 1 N–H and O–H groups in total. The van der Waals surface area contributed by atoms with Gasteiger partial charge in [-0.1, -0.05) is 28.9 Å². The van der Waals surface area contributed by atoms with Crippen molar-refractivity contribution in [2.45, 2.75) is 27.2 Å². The van der Waals surface area contributed by atoms with E-state index >= 15 is 0 Å². The lowest BCUT2D eigenvalue weighted by Crippen LogP contribution is -2.20. The summed E-state index contributed by atoms with van der Waals surface area (Å²) in [5, 5.41) is 2.83. The number of nitrogens with one attached hydrogen (secondary N) is 1. The van der Waals surface area contributed by atoms with Gasteiger partial charge in [0.1, 0.15) is 11.5 Å². The molecule has 0 saturated heterocycles. The van der Waals surface area contributed by atoms with Crippen LogP contribution in [0.25, 0.3) is 0 Å². The normalized spacial score (nSPS) is 10.3. The third-order valence-corrected chi connectivity index (χ3v) is 3.82. The fraction of sp³-hybridized carbons (Fsp3) is 0.316. The predicted molar refractivity (Wildman–Crippen MR) is 100.0 cm³/mol. The second-order valence-electron chi connectivity index (χ2n) is 5.58. The Morgan fingerprint density at radius 1 is 1.12 bits per heavy atom. The Balaban J connectivity index is 1.94. The van der Waals surface area contributed by atoms with Crippen molar-refractivity contribution in [3.05, 3.63) is 52.0 Å². The highest BCUT2D eigenvalue weighted by Crippen LogP contribution is 2.27. The molecule has 2 rings (SSSR count). The maximum Gasteiger partial charge on any atom is 0.262 e. The number of carbonyl (C=O) groups is 1. The summed E-state index contributed by atoms with van der Waals surface area (Å²) in [4.78, 5) is 12.1. The number of aryl methyl sites for hydroxylation is 2. The van der Waals surface area contributed by atoms with Crippen molar-refractivity contribution in [2.24, 2.45) is 0 Å². The number of ether oxygens (including phenoxy) is 2. The van der Waals surface area contributed by atoms with Crippen LogP contribution < -0.4 is 14.8 Å². The summed E-state index contributed by atoms with van der Waals surface area (Å²) < 4.78 is 12.2. The van der Waals surface area contributed by atoms with Crippen LogP contribution in [0.1, 0.15) is 24.5 Å². The van der Waals surface area contributed by atoms with E-state index in [9.17, 15) is 4.79 Å². The first-order valence-electron chi connectivity index (χ1n) is 7.92. The zero-order chi connectivity index (χ0) is 17.5. The molecule has 0 aliphatic rings. The van der Waals surface area contributed by atoms with E-state index in [1.54, 1.807) is 0 Å². The molecule has 128 valence electrons. The van der Waals surface area contributed by atoms with Gasteiger partial charge in [-0.25, -0.2) is 0 Å². The van der Waals surface area contributed by atoms with Crippen LogP contribution in [0, 0.1) is 13.8 Å². The number of benzene rings is 2. The Kier molecular flexibility index (Phi) is 6.67. The summed E-state index contributed by atoms with van der Waals surface area (Å²) >= 11 is 3.45. The number of amides is 1. The molecule has 24 heavy (non-hydrogen) atoms. The highest BCUT2D eigenvalue weighted by molar-refractivity contribution is 9.10. The molecule has 2 aromatic rings. The fourth-order valence-electron chi connectivity index (χ4n) is 2.34. The molecule has 0 aliphatic heterocycles. The quantitative estimate of drug-likeness (QED) is 0.731. The van der Waals surface area contributed by atoms with Crippen molar-refractivity contribution in [3.8, 4) is 11.5 Å². The molecule has 0 aliphatic carbocycles. The van der Waals surface area contributed by atoms with Gasteiger partial charge in [-0.05, 0) is 55.7 Å². The molecule has 0 radical (unpaired) electrons. The lowest BCUT2D eigenvalue weighted by Gasteiger charge is -2.13. The van der Waals surface area contributed by atoms with Gasteiger partial charge in [0, 0.05) is 16.2 Å². The summed E-state index contributed by atoms with van der Waals surface area (Å²) in [6, 6.07) is 11.3. The molecule has 0 fully saturated rings. The molecule has 0 heterocycles. The summed E-state index contributed by atoms with van der Waals surface area (Å²) in [5.41, 5.74) is 2.68. The molecule has 4 nitrogen and oxygen atoms in total. The van der Waals surface area contributed by atoms with Crippen molar-refractivity contribution in [1.29, 1.82) is 0 Å². The second-order valence-corrected chi connectivity index (χ2v) is 6.50. The van der Waals surface area contributed by atoms with Gasteiger partial charge in [0.05, 0.1) is 6.61 Å². The van der Waals surface area contributed by atoms with Gasteiger partial charge >= 0.3 is 0 Å². The monoisotopic (exact) mass is 391 g/mol. The molecular formula is C19H22BrNO3. The van der Waals surface area contributed by atoms with Crippen LogP contribution in [-0.2, 0) is 4.79 Å². The van der Waals surface area contributed by atoms with Crippen LogP contribution in [0.3, 0.4) is 0 Å². The van der Waals surface area contributed by atoms with Gasteiger partial charge in [0.25, 0.3) is 5.91 Å². The summed E-state index contributed by atoms with van der Waals surface area (Å²) in [7, 11) is 0. The molecule has 0 saturated carbocycles. The number of hydrogen-bond acceptors (Lipinski definition) is 3. The standard InChI is InChI=1S/C19H22BrNO3/c1-4-8-23-17-7-5-6-16(11-17)21-18(22)12-24-19-13(2)9-15(20)10-14(19)3/h5-7,9-11H,4,8,12H2,1-3H3,(H,21,22). The Morgan fingerprint density at radius 2 is 1.83 bits per heavy atom. The van der Waals surface area contributed by atoms with Gasteiger partial charge in [-0.3, -0.25) is 4.79 Å².